The topological polar surface area (TPSA) is 55.1 Å². The lowest BCUT2D eigenvalue weighted by Gasteiger charge is -2.20. The Labute approximate surface area is 115 Å². The van der Waals surface area contributed by atoms with E-state index in [0.29, 0.717) is 17.1 Å². The van der Waals surface area contributed by atoms with Crippen molar-refractivity contribution in [1.82, 2.24) is 5.32 Å². The lowest BCUT2D eigenvalue weighted by Crippen LogP contribution is -2.36. The van der Waals surface area contributed by atoms with Crippen molar-refractivity contribution in [3.05, 3.63) is 29.8 Å². The normalized spacial score (nSPS) is 23.0. The monoisotopic (exact) mass is 260 g/mol. The Morgan fingerprint density at radius 2 is 2.21 bits per heavy atom. The van der Waals surface area contributed by atoms with Crippen molar-refractivity contribution in [2.24, 2.45) is 5.41 Å². The predicted octanol–water partition coefficient (Wildman–Crippen LogP) is 3.07. The van der Waals surface area contributed by atoms with Gasteiger partial charge in [-0.15, -0.1) is 0 Å². The van der Waals surface area contributed by atoms with Crippen LogP contribution in [0, 0.1) is 5.41 Å². The van der Waals surface area contributed by atoms with Crippen LogP contribution in [0.4, 0.5) is 5.69 Å². The van der Waals surface area contributed by atoms with Crippen molar-refractivity contribution in [1.29, 1.82) is 0 Å². The number of nitrogen functional groups attached to an aromatic ring is 1. The molecule has 2 atom stereocenters. The van der Waals surface area contributed by atoms with Gasteiger partial charge in [-0.2, -0.15) is 0 Å². The summed E-state index contributed by atoms with van der Waals surface area (Å²) in [6.07, 6.45) is 3.34. The van der Waals surface area contributed by atoms with Crippen LogP contribution < -0.4 is 11.1 Å². The highest BCUT2D eigenvalue weighted by molar-refractivity contribution is 5.83. The van der Waals surface area contributed by atoms with Crippen LogP contribution in [-0.2, 0) is 4.79 Å². The fourth-order valence-corrected chi connectivity index (χ4v) is 2.87. The van der Waals surface area contributed by atoms with Gasteiger partial charge in [0.05, 0.1) is 5.92 Å². The molecule has 1 aliphatic carbocycles. The number of anilines is 1. The second kappa shape index (κ2) is 5.24. The van der Waals surface area contributed by atoms with Gasteiger partial charge in [-0.25, -0.2) is 0 Å². The Balaban J connectivity index is 1.97. The summed E-state index contributed by atoms with van der Waals surface area (Å²) in [5.74, 6) is -0.0412. The van der Waals surface area contributed by atoms with Gasteiger partial charge in [-0.3, -0.25) is 4.79 Å². The number of rotatable bonds is 3. The molecule has 1 aromatic rings. The average Bonchev–Trinajstić information content (AvgIpc) is 2.67. The number of carbonyl (C=O) groups excluding carboxylic acids is 1. The molecule has 3 nitrogen and oxygen atoms in total. The SMILES string of the molecule is CC(C(=O)NC1CCC(C)(C)C1)c1cccc(N)c1. The molecule has 3 N–H and O–H groups in total. The van der Waals surface area contributed by atoms with Crippen LogP contribution in [0.15, 0.2) is 24.3 Å². The van der Waals surface area contributed by atoms with Crippen LogP contribution in [0.25, 0.3) is 0 Å². The fraction of sp³-hybridized carbons (Fsp3) is 0.562. The van der Waals surface area contributed by atoms with E-state index < -0.39 is 0 Å². The molecule has 0 aliphatic heterocycles. The number of amides is 1. The molecule has 104 valence electrons. The van der Waals surface area contributed by atoms with Crippen LogP contribution >= 0.6 is 0 Å². The smallest absolute Gasteiger partial charge is 0.227 e. The molecule has 19 heavy (non-hydrogen) atoms. The highest BCUT2D eigenvalue weighted by Crippen LogP contribution is 2.37. The summed E-state index contributed by atoms with van der Waals surface area (Å²) < 4.78 is 0. The third-order valence-corrected chi connectivity index (χ3v) is 4.12. The van der Waals surface area contributed by atoms with Crippen LogP contribution in [0.3, 0.4) is 0 Å². The lowest BCUT2D eigenvalue weighted by molar-refractivity contribution is -0.122. The summed E-state index contributed by atoms with van der Waals surface area (Å²) in [7, 11) is 0. The summed E-state index contributed by atoms with van der Waals surface area (Å²) in [6.45, 7) is 6.46. The molecule has 2 rings (SSSR count). The van der Waals surface area contributed by atoms with Crippen molar-refractivity contribution in [2.45, 2.75) is 52.0 Å². The summed E-state index contributed by atoms with van der Waals surface area (Å²) in [5.41, 5.74) is 7.81. The van der Waals surface area contributed by atoms with Crippen LogP contribution in [-0.4, -0.2) is 11.9 Å². The van der Waals surface area contributed by atoms with E-state index >= 15 is 0 Å². The van der Waals surface area contributed by atoms with E-state index in [1.54, 1.807) is 0 Å². The molecule has 0 heterocycles. The molecule has 0 radical (unpaired) electrons. The first-order valence-electron chi connectivity index (χ1n) is 7.03. The van der Waals surface area contributed by atoms with Gasteiger partial charge in [0.1, 0.15) is 0 Å². The number of benzene rings is 1. The van der Waals surface area contributed by atoms with Gasteiger partial charge in [-0.1, -0.05) is 26.0 Å². The van der Waals surface area contributed by atoms with E-state index in [0.717, 1.165) is 18.4 Å². The van der Waals surface area contributed by atoms with Crippen LogP contribution in [0.2, 0.25) is 0 Å². The molecule has 2 unspecified atom stereocenters. The Morgan fingerprint density at radius 3 is 2.79 bits per heavy atom. The number of nitrogens with two attached hydrogens (primary N) is 1. The van der Waals surface area contributed by atoms with E-state index in [-0.39, 0.29) is 11.8 Å². The second-order valence-corrected chi connectivity index (χ2v) is 6.50. The van der Waals surface area contributed by atoms with E-state index in [1.165, 1.54) is 6.42 Å². The summed E-state index contributed by atoms with van der Waals surface area (Å²) >= 11 is 0. The standard InChI is InChI=1S/C16H24N2O/c1-11(12-5-4-6-13(17)9-12)15(19)18-14-7-8-16(2,3)10-14/h4-6,9,11,14H,7-8,10,17H2,1-3H3,(H,18,19). The summed E-state index contributed by atoms with van der Waals surface area (Å²) in [6, 6.07) is 7.90. The molecular weight excluding hydrogens is 236 g/mol. The molecule has 0 saturated heterocycles. The molecule has 1 aliphatic rings. The maximum absolute atomic E-state index is 12.3. The van der Waals surface area contributed by atoms with E-state index in [1.807, 2.05) is 31.2 Å². The van der Waals surface area contributed by atoms with Gasteiger partial charge >= 0.3 is 0 Å². The number of nitrogens with one attached hydrogen (secondary N) is 1. The molecule has 3 heteroatoms. The van der Waals surface area contributed by atoms with Gasteiger partial charge in [0, 0.05) is 11.7 Å². The molecule has 1 saturated carbocycles. The van der Waals surface area contributed by atoms with Crippen molar-refractivity contribution in [2.75, 3.05) is 5.73 Å². The molecular formula is C16H24N2O. The second-order valence-electron chi connectivity index (χ2n) is 6.50. The van der Waals surface area contributed by atoms with Crippen molar-refractivity contribution in [3.63, 3.8) is 0 Å². The zero-order chi connectivity index (χ0) is 14.0. The predicted molar refractivity (Wildman–Crippen MR) is 78.8 cm³/mol. The molecule has 1 amide bonds. The maximum atomic E-state index is 12.3. The van der Waals surface area contributed by atoms with Gasteiger partial charge < -0.3 is 11.1 Å². The highest BCUT2D eigenvalue weighted by atomic mass is 16.1. The van der Waals surface area contributed by atoms with Gasteiger partial charge in [0.15, 0.2) is 0 Å². The quantitative estimate of drug-likeness (QED) is 0.821. The molecule has 0 bridgehead atoms. The van der Waals surface area contributed by atoms with Crippen molar-refractivity contribution >= 4 is 11.6 Å². The van der Waals surface area contributed by atoms with Crippen molar-refractivity contribution in [3.8, 4) is 0 Å². The Hall–Kier alpha value is -1.51. The fourth-order valence-electron chi connectivity index (χ4n) is 2.87. The Morgan fingerprint density at radius 1 is 1.47 bits per heavy atom. The number of hydrogen-bond acceptors (Lipinski definition) is 2. The Bertz CT molecular complexity index is 468. The zero-order valence-corrected chi connectivity index (χ0v) is 12.1. The first-order valence-corrected chi connectivity index (χ1v) is 7.03. The third-order valence-electron chi connectivity index (χ3n) is 4.12. The average molecular weight is 260 g/mol. The van der Waals surface area contributed by atoms with Crippen LogP contribution in [0.5, 0.6) is 0 Å². The minimum atomic E-state index is -0.146. The minimum absolute atomic E-state index is 0.105. The lowest BCUT2D eigenvalue weighted by atomic mass is 9.91. The molecule has 0 spiro atoms. The first-order chi connectivity index (χ1) is 8.87. The van der Waals surface area contributed by atoms with Crippen molar-refractivity contribution < 1.29 is 4.79 Å². The molecule has 1 aromatic carbocycles. The summed E-state index contributed by atoms with van der Waals surface area (Å²) in [4.78, 5) is 12.3. The van der Waals surface area contributed by atoms with E-state index in [9.17, 15) is 4.79 Å². The number of carbonyl (C=O) groups is 1. The highest BCUT2D eigenvalue weighted by Gasteiger charge is 2.32. The third kappa shape index (κ3) is 3.49. The van der Waals surface area contributed by atoms with E-state index in [2.05, 4.69) is 19.2 Å². The van der Waals surface area contributed by atoms with Crippen LogP contribution in [0.1, 0.15) is 51.5 Å². The largest absolute Gasteiger partial charge is 0.399 e. The molecule has 1 fully saturated rings. The zero-order valence-electron chi connectivity index (χ0n) is 12.1. The first kappa shape index (κ1) is 13.9. The summed E-state index contributed by atoms with van der Waals surface area (Å²) in [5, 5.41) is 3.17. The van der Waals surface area contributed by atoms with Gasteiger partial charge in [0.2, 0.25) is 5.91 Å². The minimum Gasteiger partial charge on any atom is -0.399 e. The maximum Gasteiger partial charge on any atom is 0.227 e. The van der Waals surface area contributed by atoms with E-state index in [4.69, 9.17) is 5.73 Å². The molecule has 0 aromatic heterocycles. The number of hydrogen-bond donors (Lipinski definition) is 2. The van der Waals surface area contributed by atoms with Gasteiger partial charge in [0.25, 0.3) is 0 Å². The van der Waals surface area contributed by atoms with Gasteiger partial charge in [-0.05, 0) is 49.3 Å². The Kier molecular flexibility index (Phi) is 3.83.